The Morgan fingerprint density at radius 1 is 0.968 bits per heavy atom. The molecule has 0 bridgehead atoms. The fraction of sp³-hybridized carbons (Fsp3) is 0.360. The number of aromatic hydroxyl groups is 2. The summed E-state index contributed by atoms with van der Waals surface area (Å²) in [5.74, 6) is -1.37. The van der Waals surface area contributed by atoms with Gasteiger partial charge in [-0.25, -0.2) is 0 Å². The number of carbonyl (C=O) groups excluding carboxylic acids is 1. The lowest BCUT2D eigenvalue weighted by atomic mass is 10.1. The van der Waals surface area contributed by atoms with Gasteiger partial charge >= 0.3 is 5.97 Å². The van der Waals surface area contributed by atoms with E-state index in [9.17, 15) is 19.8 Å². The summed E-state index contributed by atoms with van der Waals surface area (Å²) in [4.78, 5) is 25.5. The molecule has 6 nitrogen and oxygen atoms in total. The number of hydrogen-bond donors (Lipinski definition) is 2. The molecule has 2 aromatic carbocycles. The number of benzene rings is 2. The first-order valence-electron chi connectivity index (χ1n) is 10.8. The predicted molar refractivity (Wildman–Crippen MR) is 119 cm³/mol. The summed E-state index contributed by atoms with van der Waals surface area (Å²) in [6.07, 6.45) is 7.66. The lowest BCUT2D eigenvalue weighted by Crippen LogP contribution is -2.16. The van der Waals surface area contributed by atoms with Crippen LogP contribution in [0.5, 0.6) is 17.2 Å². The summed E-state index contributed by atoms with van der Waals surface area (Å²) >= 11 is 0. The Labute approximate surface area is 181 Å². The molecule has 0 amide bonds. The highest BCUT2D eigenvalue weighted by atomic mass is 16.5. The third-order valence-corrected chi connectivity index (χ3v) is 5.15. The molecule has 0 saturated carbocycles. The number of phenols is 2. The Hall–Kier alpha value is -3.28. The maximum Gasteiger partial charge on any atom is 0.311 e. The highest BCUT2D eigenvalue weighted by Gasteiger charge is 2.22. The summed E-state index contributed by atoms with van der Waals surface area (Å²) in [6, 6.07) is 11.1. The van der Waals surface area contributed by atoms with Crippen LogP contribution in [0.1, 0.15) is 58.3 Å². The van der Waals surface area contributed by atoms with Crippen LogP contribution < -0.4 is 10.2 Å². The number of fused-ring (bicyclic) bond motifs is 1. The summed E-state index contributed by atoms with van der Waals surface area (Å²) in [6.45, 7) is 2.17. The largest absolute Gasteiger partial charge is 0.508 e. The van der Waals surface area contributed by atoms with Gasteiger partial charge in [0.15, 0.2) is 5.76 Å². The Morgan fingerprint density at radius 3 is 2.35 bits per heavy atom. The molecule has 3 rings (SSSR count). The molecule has 0 aliphatic heterocycles. The topological polar surface area (TPSA) is 97.0 Å². The Kier molecular flexibility index (Phi) is 7.70. The van der Waals surface area contributed by atoms with Gasteiger partial charge in [0.1, 0.15) is 22.5 Å². The fourth-order valence-electron chi connectivity index (χ4n) is 3.53. The van der Waals surface area contributed by atoms with E-state index >= 15 is 0 Å². The maximum atomic E-state index is 13.1. The molecular weight excluding hydrogens is 396 g/mol. The third kappa shape index (κ3) is 5.66. The number of phenolic OH excluding ortho intramolecular Hbond substituents is 2. The molecule has 164 valence electrons. The first-order valence-corrected chi connectivity index (χ1v) is 10.8. The summed E-state index contributed by atoms with van der Waals surface area (Å²) in [7, 11) is 0. The molecule has 31 heavy (non-hydrogen) atoms. The van der Waals surface area contributed by atoms with Crippen LogP contribution in [0.25, 0.3) is 22.3 Å². The number of carbonyl (C=O) groups is 1. The highest BCUT2D eigenvalue weighted by molar-refractivity contribution is 5.89. The number of unbranched alkanes of at least 4 members (excludes halogenated alkanes) is 6. The minimum atomic E-state index is -0.662. The summed E-state index contributed by atoms with van der Waals surface area (Å²) < 4.78 is 11.3. The monoisotopic (exact) mass is 424 g/mol. The average Bonchev–Trinajstić information content (AvgIpc) is 2.75. The lowest BCUT2D eigenvalue weighted by molar-refractivity contribution is -0.134. The molecule has 0 aliphatic carbocycles. The van der Waals surface area contributed by atoms with Crippen molar-refractivity contribution in [3.05, 3.63) is 52.7 Å². The van der Waals surface area contributed by atoms with E-state index in [4.69, 9.17) is 9.15 Å². The average molecular weight is 424 g/mol. The maximum absolute atomic E-state index is 13.1. The van der Waals surface area contributed by atoms with Crippen molar-refractivity contribution >= 4 is 16.9 Å². The molecule has 1 aromatic heterocycles. The van der Waals surface area contributed by atoms with Crippen LogP contribution in [0.4, 0.5) is 0 Å². The number of ether oxygens (including phenoxy) is 1. The van der Waals surface area contributed by atoms with Gasteiger partial charge in [0, 0.05) is 24.1 Å². The second-order valence-corrected chi connectivity index (χ2v) is 7.64. The molecule has 0 radical (unpaired) electrons. The van der Waals surface area contributed by atoms with Crippen LogP contribution in [0.15, 0.2) is 51.7 Å². The molecule has 6 heteroatoms. The van der Waals surface area contributed by atoms with E-state index in [-0.39, 0.29) is 34.6 Å². The van der Waals surface area contributed by atoms with E-state index in [1.54, 1.807) is 24.3 Å². The van der Waals surface area contributed by atoms with Gasteiger partial charge in [0.2, 0.25) is 11.2 Å². The SMILES string of the molecule is CCCCCCCCCC(=O)Oc1c(-c2ccccc2)oc2cc(O)cc(O)c2c1=O. The van der Waals surface area contributed by atoms with Crippen LogP contribution >= 0.6 is 0 Å². The smallest absolute Gasteiger partial charge is 0.311 e. The van der Waals surface area contributed by atoms with Crippen molar-refractivity contribution in [1.29, 1.82) is 0 Å². The molecule has 2 N–H and O–H groups in total. The summed E-state index contributed by atoms with van der Waals surface area (Å²) in [5, 5.41) is 19.8. The lowest BCUT2D eigenvalue weighted by Gasteiger charge is -2.11. The minimum Gasteiger partial charge on any atom is -0.508 e. The normalized spacial score (nSPS) is 11.0. The van der Waals surface area contributed by atoms with Crippen LogP contribution in [0.2, 0.25) is 0 Å². The van der Waals surface area contributed by atoms with Gasteiger partial charge in [0.05, 0.1) is 0 Å². The highest BCUT2D eigenvalue weighted by Crippen LogP contribution is 2.35. The van der Waals surface area contributed by atoms with Crippen LogP contribution in [0.3, 0.4) is 0 Å². The van der Waals surface area contributed by atoms with Gasteiger partial charge < -0.3 is 19.4 Å². The van der Waals surface area contributed by atoms with Crippen LogP contribution in [-0.4, -0.2) is 16.2 Å². The van der Waals surface area contributed by atoms with E-state index in [1.165, 1.54) is 25.3 Å². The molecule has 0 spiro atoms. The second kappa shape index (κ2) is 10.7. The Balaban J connectivity index is 1.84. The zero-order chi connectivity index (χ0) is 22.2. The molecule has 0 saturated heterocycles. The third-order valence-electron chi connectivity index (χ3n) is 5.15. The van der Waals surface area contributed by atoms with Crippen LogP contribution in [0, 0.1) is 0 Å². The van der Waals surface area contributed by atoms with Crippen molar-refractivity contribution in [2.45, 2.75) is 58.3 Å². The van der Waals surface area contributed by atoms with Crippen molar-refractivity contribution in [1.82, 2.24) is 0 Å². The van der Waals surface area contributed by atoms with Crippen molar-refractivity contribution < 1.29 is 24.2 Å². The molecule has 0 fully saturated rings. The van der Waals surface area contributed by atoms with E-state index in [0.717, 1.165) is 25.3 Å². The van der Waals surface area contributed by atoms with Crippen molar-refractivity contribution in [3.63, 3.8) is 0 Å². The zero-order valence-corrected chi connectivity index (χ0v) is 17.7. The molecule has 1 heterocycles. The Morgan fingerprint density at radius 2 is 1.65 bits per heavy atom. The first-order chi connectivity index (χ1) is 15.0. The second-order valence-electron chi connectivity index (χ2n) is 7.64. The quantitative estimate of drug-likeness (QED) is 0.310. The number of rotatable bonds is 10. The van der Waals surface area contributed by atoms with E-state index in [2.05, 4.69) is 6.92 Å². The molecule has 0 aliphatic rings. The van der Waals surface area contributed by atoms with Crippen molar-refractivity contribution in [2.75, 3.05) is 0 Å². The van der Waals surface area contributed by atoms with Crippen molar-refractivity contribution in [2.24, 2.45) is 0 Å². The van der Waals surface area contributed by atoms with Gasteiger partial charge in [0.25, 0.3) is 0 Å². The van der Waals surface area contributed by atoms with Gasteiger partial charge in [-0.3, -0.25) is 9.59 Å². The fourth-order valence-corrected chi connectivity index (χ4v) is 3.53. The zero-order valence-electron chi connectivity index (χ0n) is 17.7. The number of hydrogen-bond acceptors (Lipinski definition) is 6. The van der Waals surface area contributed by atoms with Crippen molar-refractivity contribution in [3.8, 4) is 28.6 Å². The molecule has 0 unspecified atom stereocenters. The first kappa shape index (κ1) is 22.4. The van der Waals surface area contributed by atoms with E-state index in [0.29, 0.717) is 12.0 Å². The minimum absolute atomic E-state index is 0.00762. The standard InChI is InChI=1S/C25H28O6/c1-2-3-4-5-6-7-11-14-21(28)31-25-23(29)22-19(27)15-18(26)16-20(22)30-24(25)17-12-9-8-10-13-17/h8-10,12-13,15-16,26-27H,2-7,11,14H2,1H3. The van der Waals surface area contributed by atoms with E-state index < -0.39 is 17.1 Å². The van der Waals surface area contributed by atoms with Gasteiger partial charge in [-0.2, -0.15) is 0 Å². The Bertz CT molecular complexity index is 1080. The van der Waals surface area contributed by atoms with E-state index in [1.807, 2.05) is 6.07 Å². The van der Waals surface area contributed by atoms with Gasteiger partial charge in [-0.15, -0.1) is 0 Å². The molecule has 0 atom stereocenters. The molecule has 3 aromatic rings. The summed E-state index contributed by atoms with van der Waals surface area (Å²) in [5.41, 5.74) is -0.109. The van der Waals surface area contributed by atoms with Gasteiger partial charge in [-0.1, -0.05) is 75.8 Å². The van der Waals surface area contributed by atoms with Crippen LogP contribution in [-0.2, 0) is 4.79 Å². The number of esters is 1. The predicted octanol–water partition coefficient (Wildman–Crippen LogP) is 5.92. The van der Waals surface area contributed by atoms with Gasteiger partial charge in [-0.05, 0) is 6.42 Å². The molecular formula is C25H28O6.